The van der Waals surface area contributed by atoms with Crippen molar-refractivity contribution >= 4 is 5.78 Å². The van der Waals surface area contributed by atoms with E-state index in [0.29, 0.717) is 11.7 Å². The van der Waals surface area contributed by atoms with E-state index in [-0.39, 0.29) is 5.92 Å². The molecule has 1 rings (SSSR count). The van der Waals surface area contributed by atoms with Crippen LogP contribution in [-0.2, 0) is 4.79 Å². The van der Waals surface area contributed by atoms with Crippen LogP contribution in [0, 0.1) is 11.8 Å². The largest absolute Gasteiger partial charge is 0.316 e. The van der Waals surface area contributed by atoms with Gasteiger partial charge in [0.1, 0.15) is 5.78 Å². The average molecular weight is 197 g/mol. The van der Waals surface area contributed by atoms with Crippen molar-refractivity contribution in [1.82, 2.24) is 5.32 Å². The number of nitrogens with one attached hydrogen (secondary N) is 1. The molecule has 2 heteroatoms. The van der Waals surface area contributed by atoms with Crippen molar-refractivity contribution in [3.8, 4) is 0 Å². The zero-order valence-electron chi connectivity index (χ0n) is 9.51. The minimum absolute atomic E-state index is 0.204. The highest BCUT2D eigenvalue weighted by atomic mass is 16.1. The minimum atomic E-state index is 0.204. The Morgan fingerprint density at radius 1 is 1.43 bits per heavy atom. The fourth-order valence-electron chi connectivity index (χ4n) is 2.17. The third-order valence-electron chi connectivity index (χ3n) is 3.21. The maximum atomic E-state index is 11.8. The Kier molecular flexibility index (Phi) is 5.16. The lowest BCUT2D eigenvalue weighted by molar-refractivity contribution is -0.123. The molecule has 0 aromatic rings. The molecule has 0 bridgehead atoms. The molecule has 0 aromatic carbocycles. The fourth-order valence-corrected chi connectivity index (χ4v) is 2.17. The Hall–Kier alpha value is -0.370. The number of ketones is 1. The minimum Gasteiger partial charge on any atom is -0.316 e. The highest BCUT2D eigenvalue weighted by Gasteiger charge is 2.21. The molecule has 82 valence electrons. The summed E-state index contributed by atoms with van der Waals surface area (Å²) in [5.74, 6) is 1.36. The molecule has 1 aliphatic carbocycles. The van der Waals surface area contributed by atoms with Gasteiger partial charge in [-0.05, 0) is 12.5 Å². The maximum absolute atomic E-state index is 11.8. The lowest BCUT2D eigenvalue weighted by atomic mass is 9.94. The van der Waals surface area contributed by atoms with Crippen LogP contribution >= 0.6 is 0 Å². The molecule has 0 radical (unpaired) electrons. The molecule has 0 saturated heterocycles. The Bertz CT molecular complexity index is 173. The van der Waals surface area contributed by atoms with Crippen LogP contribution in [0.2, 0.25) is 0 Å². The number of hydrogen-bond acceptors (Lipinski definition) is 2. The van der Waals surface area contributed by atoms with Gasteiger partial charge in [-0.1, -0.05) is 39.5 Å². The molecule has 0 amide bonds. The van der Waals surface area contributed by atoms with Crippen molar-refractivity contribution in [3.05, 3.63) is 0 Å². The molecule has 0 aromatic heterocycles. The predicted octanol–water partition coefficient (Wildman–Crippen LogP) is 2.38. The number of carbonyl (C=O) groups excluding carboxylic acids is 1. The Morgan fingerprint density at radius 2 is 2.07 bits per heavy atom. The lowest BCUT2D eigenvalue weighted by Gasteiger charge is -2.13. The monoisotopic (exact) mass is 197 g/mol. The second-order valence-electron chi connectivity index (χ2n) is 4.53. The Morgan fingerprint density at radius 3 is 2.64 bits per heavy atom. The first-order valence-electron chi connectivity index (χ1n) is 5.97. The van der Waals surface area contributed by atoms with E-state index in [9.17, 15) is 4.79 Å². The van der Waals surface area contributed by atoms with Crippen LogP contribution in [0.4, 0.5) is 0 Å². The van der Waals surface area contributed by atoms with Gasteiger partial charge in [-0.3, -0.25) is 4.79 Å². The van der Waals surface area contributed by atoms with E-state index in [1.165, 1.54) is 25.7 Å². The average Bonchev–Trinajstić information content (AvgIpc) is 2.66. The summed E-state index contributed by atoms with van der Waals surface area (Å²) in [6.45, 7) is 5.93. The third-order valence-corrected chi connectivity index (χ3v) is 3.21. The van der Waals surface area contributed by atoms with Crippen LogP contribution < -0.4 is 5.32 Å². The molecule has 1 unspecified atom stereocenters. The highest BCUT2D eigenvalue weighted by molar-refractivity contribution is 5.81. The normalized spacial score (nSPS) is 19.9. The van der Waals surface area contributed by atoms with Crippen LogP contribution in [0.15, 0.2) is 0 Å². The zero-order valence-corrected chi connectivity index (χ0v) is 9.51. The number of Topliss-reactive ketones (excluding diaryl/α,β-unsaturated/α-hetero) is 1. The molecule has 0 aliphatic heterocycles. The lowest BCUT2D eigenvalue weighted by Crippen LogP contribution is -2.27. The first-order valence-corrected chi connectivity index (χ1v) is 5.97. The number of rotatable bonds is 6. The smallest absolute Gasteiger partial charge is 0.137 e. The van der Waals surface area contributed by atoms with Crippen molar-refractivity contribution < 1.29 is 4.79 Å². The molecule has 1 saturated carbocycles. The van der Waals surface area contributed by atoms with Gasteiger partial charge in [0, 0.05) is 18.9 Å². The molecular weight excluding hydrogens is 174 g/mol. The van der Waals surface area contributed by atoms with Gasteiger partial charge in [0.15, 0.2) is 0 Å². The topological polar surface area (TPSA) is 29.1 Å². The summed E-state index contributed by atoms with van der Waals surface area (Å²) in [5, 5.41) is 3.23. The van der Waals surface area contributed by atoms with E-state index in [1.54, 1.807) is 0 Å². The van der Waals surface area contributed by atoms with Crippen LogP contribution in [0.25, 0.3) is 0 Å². The van der Waals surface area contributed by atoms with Crippen LogP contribution in [0.1, 0.15) is 46.0 Å². The molecule has 1 fully saturated rings. The predicted molar refractivity (Wildman–Crippen MR) is 59.3 cm³/mol. The molecule has 0 heterocycles. The Balaban J connectivity index is 2.18. The third kappa shape index (κ3) is 3.79. The fraction of sp³-hybridized carbons (Fsp3) is 0.917. The van der Waals surface area contributed by atoms with E-state index in [1.807, 2.05) is 6.92 Å². The second-order valence-corrected chi connectivity index (χ2v) is 4.53. The quantitative estimate of drug-likeness (QED) is 0.708. The van der Waals surface area contributed by atoms with Crippen molar-refractivity contribution in [2.24, 2.45) is 11.8 Å². The summed E-state index contributed by atoms with van der Waals surface area (Å²) in [6, 6.07) is 0. The zero-order chi connectivity index (χ0) is 10.4. The van der Waals surface area contributed by atoms with Gasteiger partial charge in [-0.2, -0.15) is 0 Å². The summed E-state index contributed by atoms with van der Waals surface area (Å²) in [4.78, 5) is 11.8. The summed E-state index contributed by atoms with van der Waals surface area (Å²) < 4.78 is 0. The molecule has 1 N–H and O–H groups in total. The molecule has 2 nitrogen and oxygen atoms in total. The van der Waals surface area contributed by atoms with Gasteiger partial charge < -0.3 is 5.32 Å². The van der Waals surface area contributed by atoms with Crippen LogP contribution in [0.5, 0.6) is 0 Å². The van der Waals surface area contributed by atoms with E-state index < -0.39 is 0 Å². The van der Waals surface area contributed by atoms with E-state index in [4.69, 9.17) is 0 Å². The summed E-state index contributed by atoms with van der Waals surface area (Å²) in [6.07, 6.45) is 6.05. The number of carbonyl (C=O) groups is 1. The Labute approximate surface area is 87.5 Å². The molecular formula is C12H23NO. The van der Waals surface area contributed by atoms with Gasteiger partial charge in [0.25, 0.3) is 0 Å². The standard InChI is InChI=1S/C12H23NO/c1-3-13-9-10(2)12(14)8-11-6-4-5-7-11/h10-11,13H,3-9H2,1-2H3. The highest BCUT2D eigenvalue weighted by Crippen LogP contribution is 2.28. The van der Waals surface area contributed by atoms with E-state index in [2.05, 4.69) is 12.2 Å². The van der Waals surface area contributed by atoms with Crippen molar-refractivity contribution in [2.45, 2.75) is 46.0 Å². The second kappa shape index (κ2) is 6.18. The first-order chi connectivity index (χ1) is 6.74. The summed E-state index contributed by atoms with van der Waals surface area (Å²) in [5.41, 5.74) is 0. The number of hydrogen-bond donors (Lipinski definition) is 1. The van der Waals surface area contributed by atoms with Gasteiger partial charge in [-0.15, -0.1) is 0 Å². The van der Waals surface area contributed by atoms with Gasteiger partial charge in [-0.25, -0.2) is 0 Å². The van der Waals surface area contributed by atoms with Crippen LogP contribution in [0.3, 0.4) is 0 Å². The van der Waals surface area contributed by atoms with Gasteiger partial charge in [0.05, 0.1) is 0 Å². The van der Waals surface area contributed by atoms with Crippen molar-refractivity contribution in [3.63, 3.8) is 0 Å². The van der Waals surface area contributed by atoms with Crippen LogP contribution in [-0.4, -0.2) is 18.9 Å². The van der Waals surface area contributed by atoms with Crippen molar-refractivity contribution in [2.75, 3.05) is 13.1 Å². The SMILES string of the molecule is CCNCC(C)C(=O)CC1CCCC1. The van der Waals surface area contributed by atoms with Gasteiger partial charge in [0.2, 0.25) is 0 Å². The summed E-state index contributed by atoms with van der Waals surface area (Å²) >= 11 is 0. The molecule has 0 spiro atoms. The molecule has 14 heavy (non-hydrogen) atoms. The summed E-state index contributed by atoms with van der Waals surface area (Å²) in [7, 11) is 0. The van der Waals surface area contributed by atoms with E-state index >= 15 is 0 Å². The molecule has 1 aliphatic rings. The molecule has 1 atom stereocenters. The van der Waals surface area contributed by atoms with E-state index in [0.717, 1.165) is 19.5 Å². The first kappa shape index (κ1) is 11.7. The van der Waals surface area contributed by atoms with Crippen molar-refractivity contribution in [1.29, 1.82) is 0 Å². The van der Waals surface area contributed by atoms with Gasteiger partial charge >= 0.3 is 0 Å². The maximum Gasteiger partial charge on any atom is 0.137 e.